The Bertz CT molecular complexity index is 1300. The first-order valence-corrected chi connectivity index (χ1v) is 14.0. The summed E-state index contributed by atoms with van der Waals surface area (Å²) < 4.78 is 97.7. The molecular formula is C18H15Na3O9PS3+3. The maximum Gasteiger partial charge on any atom is 1.00 e. The molecule has 164 valence electrons. The minimum Gasteiger partial charge on any atom is -0.282 e. The summed E-state index contributed by atoms with van der Waals surface area (Å²) in [4.78, 5) is -1.22. The van der Waals surface area contributed by atoms with E-state index >= 15 is 0 Å². The van der Waals surface area contributed by atoms with Gasteiger partial charge >= 0.3 is 88.7 Å². The first kappa shape index (κ1) is 34.8. The molecule has 0 aliphatic rings. The van der Waals surface area contributed by atoms with Gasteiger partial charge in [0.25, 0.3) is 30.4 Å². The fraction of sp³-hybridized carbons (Fsp3) is 0. The Labute approximate surface area is 265 Å². The van der Waals surface area contributed by atoms with E-state index in [0.717, 1.165) is 18.2 Å². The van der Waals surface area contributed by atoms with Crippen molar-refractivity contribution in [3.8, 4) is 0 Å². The van der Waals surface area contributed by atoms with Crippen molar-refractivity contribution in [1.82, 2.24) is 0 Å². The zero-order chi connectivity index (χ0) is 23.0. The largest absolute Gasteiger partial charge is 1.00 e. The summed E-state index contributed by atoms with van der Waals surface area (Å²) in [5.41, 5.74) is 0. The monoisotopic (exact) mass is 571 g/mol. The average molecular weight is 571 g/mol. The van der Waals surface area contributed by atoms with Gasteiger partial charge in [-0.1, -0.05) is 36.4 Å². The first-order valence-electron chi connectivity index (χ1n) is 8.30. The molecule has 0 saturated heterocycles. The van der Waals surface area contributed by atoms with Gasteiger partial charge in [-0.25, -0.2) is 0 Å². The number of hydrogen-bond donors (Lipinski definition) is 3. The summed E-state index contributed by atoms with van der Waals surface area (Å²) in [6.45, 7) is 0. The zero-order valence-corrected chi connectivity index (χ0v) is 27.7. The summed E-state index contributed by atoms with van der Waals surface area (Å²) in [6, 6.07) is 15.7. The van der Waals surface area contributed by atoms with E-state index < -0.39 is 53.0 Å². The molecule has 0 radical (unpaired) electrons. The minimum atomic E-state index is -4.55. The maximum atomic E-state index is 11.6. The third-order valence-corrected chi connectivity index (χ3v) is 9.05. The van der Waals surface area contributed by atoms with Gasteiger partial charge in [0.15, 0.2) is 0 Å². The Morgan fingerprint density at radius 3 is 0.912 bits per heavy atom. The molecule has 0 atom stereocenters. The molecule has 16 heteroatoms. The van der Waals surface area contributed by atoms with Crippen molar-refractivity contribution < 1.29 is 128 Å². The van der Waals surface area contributed by atoms with Crippen LogP contribution in [-0.2, 0) is 30.4 Å². The van der Waals surface area contributed by atoms with Crippen molar-refractivity contribution in [2.45, 2.75) is 14.7 Å². The van der Waals surface area contributed by atoms with Crippen molar-refractivity contribution in [3.05, 3.63) is 72.8 Å². The molecule has 3 aromatic carbocycles. The quantitative estimate of drug-likeness (QED) is 0.148. The van der Waals surface area contributed by atoms with Crippen LogP contribution < -0.4 is 105 Å². The van der Waals surface area contributed by atoms with E-state index in [2.05, 4.69) is 0 Å². The third kappa shape index (κ3) is 8.98. The topological polar surface area (TPSA) is 163 Å². The van der Waals surface area contributed by atoms with Crippen molar-refractivity contribution in [2.24, 2.45) is 0 Å². The van der Waals surface area contributed by atoms with E-state index in [9.17, 15) is 38.9 Å². The fourth-order valence-corrected chi connectivity index (χ4v) is 7.04. The molecule has 0 aliphatic carbocycles. The van der Waals surface area contributed by atoms with Gasteiger partial charge in [0, 0.05) is 0 Å². The summed E-state index contributed by atoms with van der Waals surface area (Å²) in [6.07, 6.45) is 0. The van der Waals surface area contributed by atoms with Crippen molar-refractivity contribution in [1.29, 1.82) is 0 Å². The molecule has 3 rings (SSSR count). The molecule has 0 amide bonds. The standard InChI is InChI=1S/C18H15O9PS3.3Na/c19-29(20,21)16-7-1-4-13(10-16)28(14-5-2-8-17(11-14)30(22,23)24)15-6-3-9-18(12-15)31(25,26)27;;;/h1-12H,(H,19,20,21)(H,22,23,24)(H,25,26,27);;;/q;3*+1. The van der Waals surface area contributed by atoms with Crippen LogP contribution in [0.4, 0.5) is 0 Å². The van der Waals surface area contributed by atoms with Crippen molar-refractivity contribution in [3.63, 3.8) is 0 Å². The van der Waals surface area contributed by atoms with E-state index in [1.54, 1.807) is 0 Å². The van der Waals surface area contributed by atoms with Gasteiger partial charge in [-0.05, 0) is 60.2 Å². The van der Waals surface area contributed by atoms with E-state index in [-0.39, 0.29) is 88.7 Å². The Hall–Kier alpha value is 0.820. The molecule has 0 heterocycles. The molecule has 0 saturated carbocycles. The van der Waals surface area contributed by atoms with Gasteiger partial charge in [0.2, 0.25) is 0 Å². The number of benzene rings is 3. The SMILES string of the molecule is O=S(=O)(O)c1cccc(P(c2cccc(S(=O)(=O)O)c2)c2cccc(S(=O)(=O)O)c2)c1.[Na+].[Na+].[Na+]. The predicted octanol–water partition coefficient (Wildman–Crippen LogP) is -7.80. The maximum absolute atomic E-state index is 11.6. The van der Waals surface area contributed by atoms with Gasteiger partial charge in [-0.2, -0.15) is 25.3 Å². The van der Waals surface area contributed by atoms with E-state index in [4.69, 9.17) is 0 Å². The zero-order valence-electron chi connectivity index (χ0n) is 18.4. The summed E-state index contributed by atoms with van der Waals surface area (Å²) in [7, 11) is -15.4. The Morgan fingerprint density at radius 2 is 0.706 bits per heavy atom. The predicted molar refractivity (Wildman–Crippen MR) is 115 cm³/mol. The van der Waals surface area contributed by atoms with Crippen LogP contribution >= 0.6 is 7.92 Å². The number of rotatable bonds is 6. The second-order valence-electron chi connectivity index (χ2n) is 6.25. The average Bonchev–Trinajstić information content (AvgIpc) is 2.67. The first-order chi connectivity index (χ1) is 14.3. The summed E-state index contributed by atoms with van der Waals surface area (Å²) >= 11 is 0. The smallest absolute Gasteiger partial charge is 0.282 e. The fourth-order valence-electron chi connectivity index (χ4n) is 2.80. The van der Waals surface area contributed by atoms with E-state index in [1.165, 1.54) is 54.6 Å². The molecule has 0 bridgehead atoms. The molecular weight excluding hydrogens is 556 g/mol. The van der Waals surface area contributed by atoms with Crippen LogP contribution in [0, 0.1) is 0 Å². The van der Waals surface area contributed by atoms with Gasteiger partial charge in [0.1, 0.15) is 0 Å². The molecule has 3 aromatic rings. The summed E-state index contributed by atoms with van der Waals surface area (Å²) in [5.74, 6) is 0. The summed E-state index contributed by atoms with van der Waals surface area (Å²) in [5, 5.41) is 1.01. The Kier molecular flexibility index (Phi) is 13.9. The molecule has 9 nitrogen and oxygen atoms in total. The Morgan fingerprint density at radius 1 is 0.471 bits per heavy atom. The van der Waals surface area contributed by atoms with Crippen LogP contribution in [-0.4, -0.2) is 38.9 Å². The van der Waals surface area contributed by atoms with Crippen LogP contribution in [0.15, 0.2) is 87.5 Å². The molecule has 0 spiro atoms. The second kappa shape index (κ2) is 13.6. The van der Waals surface area contributed by atoms with Crippen molar-refractivity contribution >= 4 is 54.2 Å². The second-order valence-corrected chi connectivity index (χ2v) is 12.7. The van der Waals surface area contributed by atoms with Gasteiger partial charge < -0.3 is 0 Å². The molecule has 3 N–H and O–H groups in total. The minimum absolute atomic E-state index is 0. The van der Waals surface area contributed by atoms with Crippen LogP contribution in [0.1, 0.15) is 0 Å². The van der Waals surface area contributed by atoms with Gasteiger partial charge in [-0.3, -0.25) is 13.7 Å². The van der Waals surface area contributed by atoms with Crippen LogP contribution in [0.2, 0.25) is 0 Å². The molecule has 0 aromatic heterocycles. The van der Waals surface area contributed by atoms with Crippen LogP contribution in [0.25, 0.3) is 0 Å². The van der Waals surface area contributed by atoms with Crippen LogP contribution in [0.3, 0.4) is 0 Å². The molecule has 0 aliphatic heterocycles. The third-order valence-electron chi connectivity index (χ3n) is 4.12. The molecule has 0 fully saturated rings. The molecule has 34 heavy (non-hydrogen) atoms. The molecule has 0 unspecified atom stereocenters. The van der Waals surface area contributed by atoms with Crippen LogP contribution in [0.5, 0.6) is 0 Å². The van der Waals surface area contributed by atoms with Gasteiger partial charge in [0.05, 0.1) is 14.7 Å². The van der Waals surface area contributed by atoms with Crippen molar-refractivity contribution in [2.75, 3.05) is 0 Å². The Balaban J connectivity index is 0.00000363. The van der Waals surface area contributed by atoms with E-state index in [1.807, 2.05) is 0 Å². The number of hydrogen-bond acceptors (Lipinski definition) is 6. The normalized spacial score (nSPS) is 11.6. The van der Waals surface area contributed by atoms with E-state index in [0.29, 0.717) is 15.9 Å². The van der Waals surface area contributed by atoms with Gasteiger partial charge in [-0.15, -0.1) is 0 Å².